The van der Waals surface area contributed by atoms with Gasteiger partial charge in [-0.15, -0.1) is 0 Å². The molecule has 4 rings (SSSR count). The third-order valence-corrected chi connectivity index (χ3v) is 4.84. The zero-order valence-electron chi connectivity index (χ0n) is 13.1. The Kier molecular flexibility index (Phi) is 3.66. The van der Waals surface area contributed by atoms with Crippen molar-refractivity contribution in [2.24, 2.45) is 0 Å². The van der Waals surface area contributed by atoms with Crippen molar-refractivity contribution in [1.82, 2.24) is 14.9 Å². The van der Waals surface area contributed by atoms with Crippen molar-refractivity contribution in [2.75, 3.05) is 6.54 Å². The average Bonchev–Trinajstić information content (AvgIpc) is 3.31. The Hall–Kier alpha value is -2.49. The van der Waals surface area contributed by atoms with Crippen LogP contribution in [0.3, 0.4) is 0 Å². The molecule has 3 aromatic rings. The third-order valence-electron chi connectivity index (χ3n) is 4.84. The van der Waals surface area contributed by atoms with Crippen LogP contribution in [0.15, 0.2) is 48.8 Å². The van der Waals surface area contributed by atoms with E-state index in [0.717, 1.165) is 37.0 Å². The van der Waals surface area contributed by atoms with Gasteiger partial charge in [-0.2, -0.15) is 0 Å². The van der Waals surface area contributed by atoms with Crippen LogP contribution in [0, 0.1) is 0 Å². The molecule has 1 aromatic carbocycles. The Morgan fingerprint density at radius 2 is 2.09 bits per heavy atom. The number of likely N-dealkylation sites (tertiary alicyclic amines) is 1. The highest BCUT2D eigenvalue weighted by molar-refractivity contribution is 5.84. The lowest BCUT2D eigenvalue weighted by Crippen LogP contribution is -2.30. The van der Waals surface area contributed by atoms with Crippen LogP contribution in [0.25, 0.3) is 10.9 Å². The highest BCUT2D eigenvalue weighted by Crippen LogP contribution is 2.31. The van der Waals surface area contributed by atoms with E-state index in [4.69, 9.17) is 0 Å². The van der Waals surface area contributed by atoms with Crippen LogP contribution in [-0.4, -0.2) is 27.3 Å². The fourth-order valence-corrected chi connectivity index (χ4v) is 3.66. The van der Waals surface area contributed by atoms with Crippen molar-refractivity contribution in [3.05, 3.63) is 60.0 Å². The van der Waals surface area contributed by atoms with E-state index in [9.17, 15) is 4.79 Å². The Bertz CT molecular complexity index is 803. The minimum absolute atomic E-state index is 0.223. The van der Waals surface area contributed by atoms with E-state index in [0.29, 0.717) is 6.42 Å². The maximum absolute atomic E-state index is 12.7. The topological polar surface area (TPSA) is 51.9 Å². The predicted molar refractivity (Wildman–Crippen MR) is 91.1 cm³/mol. The summed E-state index contributed by atoms with van der Waals surface area (Å²) >= 11 is 0. The molecule has 0 bridgehead atoms. The lowest BCUT2D eigenvalue weighted by Gasteiger charge is -2.24. The molecule has 0 unspecified atom stereocenters. The number of carbonyl (C=O) groups excluding carboxylic acids is 1. The lowest BCUT2D eigenvalue weighted by molar-refractivity contribution is -0.132. The Morgan fingerprint density at radius 1 is 1.17 bits per heavy atom. The zero-order chi connectivity index (χ0) is 15.6. The van der Waals surface area contributed by atoms with Gasteiger partial charge in [0.2, 0.25) is 5.91 Å². The summed E-state index contributed by atoms with van der Waals surface area (Å²) < 4.78 is 0. The molecule has 1 atom stereocenters. The van der Waals surface area contributed by atoms with E-state index in [-0.39, 0.29) is 11.9 Å². The van der Waals surface area contributed by atoms with Crippen molar-refractivity contribution < 1.29 is 4.79 Å². The number of nitrogens with zero attached hydrogens (tertiary/aromatic N) is 1. The van der Waals surface area contributed by atoms with Gasteiger partial charge in [-0.05, 0) is 43.0 Å². The molecule has 118 valence electrons. The molecule has 1 saturated heterocycles. The number of carbonyl (C=O) groups is 1. The number of aryl methyl sites for hydroxylation is 1. The summed E-state index contributed by atoms with van der Waals surface area (Å²) in [5.41, 5.74) is 3.52. The first-order valence-electron chi connectivity index (χ1n) is 8.30. The highest BCUT2D eigenvalue weighted by Gasteiger charge is 2.30. The predicted octanol–water partition coefficient (Wildman–Crippen LogP) is 3.79. The number of fused-ring (bicyclic) bond motifs is 1. The lowest BCUT2D eigenvalue weighted by atomic mass is 10.1. The fraction of sp³-hybridized carbons (Fsp3) is 0.316. The summed E-state index contributed by atoms with van der Waals surface area (Å²) in [7, 11) is 0. The van der Waals surface area contributed by atoms with Crippen molar-refractivity contribution in [1.29, 1.82) is 0 Å². The summed E-state index contributed by atoms with van der Waals surface area (Å²) in [5, 5.41) is 1.22. The number of benzene rings is 1. The molecule has 4 nitrogen and oxygen atoms in total. The SMILES string of the molecule is O=C(CCc1c[nH]c2ccccc12)N1CCC[C@H]1c1ccc[nH]1. The molecule has 3 heterocycles. The Morgan fingerprint density at radius 3 is 2.96 bits per heavy atom. The van der Waals surface area contributed by atoms with Crippen molar-refractivity contribution >= 4 is 16.8 Å². The van der Waals surface area contributed by atoms with E-state index in [2.05, 4.69) is 28.2 Å². The monoisotopic (exact) mass is 307 g/mol. The normalized spacial score (nSPS) is 17.9. The molecular weight excluding hydrogens is 286 g/mol. The summed E-state index contributed by atoms with van der Waals surface area (Å²) in [5.74, 6) is 0.257. The van der Waals surface area contributed by atoms with Gasteiger partial charge in [-0.1, -0.05) is 18.2 Å². The molecule has 1 aliphatic heterocycles. The van der Waals surface area contributed by atoms with Crippen LogP contribution in [-0.2, 0) is 11.2 Å². The molecule has 2 aromatic heterocycles. The largest absolute Gasteiger partial charge is 0.363 e. The van der Waals surface area contributed by atoms with E-state index in [1.54, 1.807) is 0 Å². The van der Waals surface area contributed by atoms with Gasteiger partial charge in [0.25, 0.3) is 0 Å². The number of hydrogen-bond acceptors (Lipinski definition) is 1. The van der Waals surface area contributed by atoms with Crippen molar-refractivity contribution in [3.63, 3.8) is 0 Å². The minimum atomic E-state index is 0.223. The van der Waals surface area contributed by atoms with Gasteiger partial charge in [-0.25, -0.2) is 0 Å². The van der Waals surface area contributed by atoms with Crippen LogP contribution in [0.5, 0.6) is 0 Å². The van der Waals surface area contributed by atoms with Crippen LogP contribution in [0.2, 0.25) is 0 Å². The molecule has 0 saturated carbocycles. The molecule has 1 amide bonds. The Balaban J connectivity index is 1.45. The highest BCUT2D eigenvalue weighted by atomic mass is 16.2. The van der Waals surface area contributed by atoms with Crippen molar-refractivity contribution in [2.45, 2.75) is 31.7 Å². The number of rotatable bonds is 4. The van der Waals surface area contributed by atoms with E-state index in [1.807, 2.05) is 35.5 Å². The fourth-order valence-electron chi connectivity index (χ4n) is 3.66. The Labute approximate surface area is 135 Å². The van der Waals surface area contributed by atoms with Gasteiger partial charge >= 0.3 is 0 Å². The quantitative estimate of drug-likeness (QED) is 0.757. The summed E-state index contributed by atoms with van der Waals surface area (Å²) in [4.78, 5) is 21.3. The van der Waals surface area contributed by atoms with Crippen LogP contribution in [0.4, 0.5) is 0 Å². The second kappa shape index (κ2) is 5.95. The van der Waals surface area contributed by atoms with Crippen LogP contribution >= 0.6 is 0 Å². The molecule has 23 heavy (non-hydrogen) atoms. The first kappa shape index (κ1) is 14.1. The number of hydrogen-bond donors (Lipinski definition) is 2. The molecule has 0 aliphatic carbocycles. The first-order chi connectivity index (χ1) is 11.3. The number of aromatic amines is 2. The minimum Gasteiger partial charge on any atom is -0.363 e. The molecule has 2 N–H and O–H groups in total. The standard InChI is InChI=1S/C19H21N3O/c23-19(22-12-4-8-18(22)17-7-3-11-20-17)10-9-14-13-21-16-6-2-1-5-15(14)16/h1-3,5-7,11,13,18,20-21H,4,8-10,12H2/t18-/m0/s1. The van der Waals surface area contributed by atoms with Gasteiger partial charge < -0.3 is 14.9 Å². The smallest absolute Gasteiger partial charge is 0.223 e. The number of amides is 1. The maximum Gasteiger partial charge on any atom is 0.223 e. The van der Waals surface area contributed by atoms with Gasteiger partial charge in [0.05, 0.1) is 6.04 Å². The number of H-pyrrole nitrogens is 2. The third kappa shape index (κ3) is 2.65. The molecule has 0 radical (unpaired) electrons. The van der Waals surface area contributed by atoms with Crippen molar-refractivity contribution in [3.8, 4) is 0 Å². The first-order valence-corrected chi connectivity index (χ1v) is 8.30. The summed E-state index contributed by atoms with van der Waals surface area (Å²) in [6, 6.07) is 12.6. The molecular formula is C19H21N3O. The van der Waals surface area contributed by atoms with E-state index in [1.165, 1.54) is 10.9 Å². The summed E-state index contributed by atoms with van der Waals surface area (Å²) in [6.45, 7) is 0.871. The molecule has 1 fully saturated rings. The number of aromatic nitrogens is 2. The number of nitrogens with one attached hydrogen (secondary N) is 2. The molecule has 0 spiro atoms. The van der Waals surface area contributed by atoms with Gasteiger partial charge in [0.15, 0.2) is 0 Å². The second-order valence-electron chi connectivity index (χ2n) is 6.23. The molecule has 1 aliphatic rings. The average molecular weight is 307 g/mol. The van der Waals surface area contributed by atoms with Gasteiger partial charge in [0, 0.05) is 42.0 Å². The van der Waals surface area contributed by atoms with Crippen LogP contribution in [0.1, 0.15) is 36.6 Å². The van der Waals surface area contributed by atoms with E-state index >= 15 is 0 Å². The zero-order valence-corrected chi connectivity index (χ0v) is 13.1. The number of para-hydroxylation sites is 1. The molecule has 4 heteroatoms. The van der Waals surface area contributed by atoms with Gasteiger partial charge in [0.1, 0.15) is 0 Å². The van der Waals surface area contributed by atoms with Gasteiger partial charge in [-0.3, -0.25) is 4.79 Å². The second-order valence-corrected chi connectivity index (χ2v) is 6.23. The van der Waals surface area contributed by atoms with E-state index < -0.39 is 0 Å². The summed E-state index contributed by atoms with van der Waals surface area (Å²) in [6.07, 6.45) is 7.46. The maximum atomic E-state index is 12.7. The van der Waals surface area contributed by atoms with Crippen LogP contribution < -0.4 is 0 Å².